The Morgan fingerprint density at radius 2 is 2.12 bits per heavy atom. The van der Waals surface area contributed by atoms with Crippen LogP contribution in [0.15, 0.2) is 30.5 Å². The molecule has 0 aliphatic heterocycles. The molecule has 0 bridgehead atoms. The number of fused-ring (bicyclic) bond motifs is 1. The van der Waals surface area contributed by atoms with Crippen LogP contribution >= 0.6 is 0 Å². The van der Waals surface area contributed by atoms with E-state index in [9.17, 15) is 9.90 Å². The molecular weight excluding hydrogens is 218 g/mol. The maximum atomic E-state index is 10.4. The number of rotatable bonds is 5. The van der Waals surface area contributed by atoms with Crippen LogP contribution in [0.1, 0.15) is 18.4 Å². The number of benzene rings is 1. The molecule has 2 aromatic rings. The third-order valence-electron chi connectivity index (χ3n) is 2.83. The average Bonchev–Trinajstić information content (AvgIpc) is 2.69. The van der Waals surface area contributed by atoms with E-state index in [0.29, 0.717) is 12.8 Å². The van der Waals surface area contributed by atoms with Crippen LogP contribution in [0.25, 0.3) is 10.9 Å². The Balaban J connectivity index is 2.02. The summed E-state index contributed by atoms with van der Waals surface area (Å²) in [6, 6.07) is 7.94. The summed E-state index contributed by atoms with van der Waals surface area (Å²) in [6.07, 6.45) is 2.09. The molecule has 0 saturated carbocycles. The maximum Gasteiger partial charge on any atom is 0.305 e. The Morgan fingerprint density at radius 1 is 1.35 bits per heavy atom. The van der Waals surface area contributed by atoms with Crippen LogP contribution in [-0.4, -0.2) is 27.3 Å². The predicted octanol–water partition coefficient (Wildman–Crippen LogP) is 1.94. The van der Waals surface area contributed by atoms with Crippen molar-refractivity contribution in [3.8, 4) is 0 Å². The molecule has 1 atom stereocenters. The van der Waals surface area contributed by atoms with Crippen molar-refractivity contribution in [3.05, 3.63) is 36.0 Å². The first kappa shape index (κ1) is 11.7. The Bertz CT molecular complexity index is 518. The number of aryl methyl sites for hydroxylation is 1. The van der Waals surface area contributed by atoms with Gasteiger partial charge >= 0.3 is 5.97 Å². The lowest BCUT2D eigenvalue weighted by atomic mass is 10.0. The molecule has 1 aromatic heterocycles. The Hall–Kier alpha value is -1.81. The Kier molecular flexibility index (Phi) is 3.44. The van der Waals surface area contributed by atoms with E-state index in [1.54, 1.807) is 0 Å². The van der Waals surface area contributed by atoms with Crippen molar-refractivity contribution in [2.45, 2.75) is 25.4 Å². The molecule has 0 fully saturated rings. The highest BCUT2D eigenvalue weighted by atomic mass is 16.4. The van der Waals surface area contributed by atoms with E-state index in [-0.39, 0.29) is 6.42 Å². The van der Waals surface area contributed by atoms with Crippen LogP contribution in [0.3, 0.4) is 0 Å². The molecule has 0 aliphatic rings. The molecule has 0 amide bonds. The summed E-state index contributed by atoms with van der Waals surface area (Å²) < 4.78 is 0. The number of aromatic nitrogens is 1. The van der Waals surface area contributed by atoms with Crippen molar-refractivity contribution in [1.29, 1.82) is 0 Å². The van der Waals surface area contributed by atoms with Crippen LogP contribution in [0.2, 0.25) is 0 Å². The highest BCUT2D eigenvalue weighted by molar-refractivity contribution is 5.83. The minimum absolute atomic E-state index is 0.192. The van der Waals surface area contributed by atoms with E-state index in [0.717, 1.165) is 16.5 Å². The Labute approximate surface area is 98.9 Å². The van der Waals surface area contributed by atoms with E-state index in [4.69, 9.17) is 5.11 Å². The number of aliphatic hydroxyl groups is 1. The molecule has 0 unspecified atom stereocenters. The summed E-state index contributed by atoms with van der Waals surface area (Å²) in [7, 11) is 0. The molecular formula is C13H15NO3. The second-order valence-electron chi connectivity index (χ2n) is 4.15. The van der Waals surface area contributed by atoms with Crippen molar-refractivity contribution < 1.29 is 15.0 Å². The minimum Gasteiger partial charge on any atom is -0.481 e. The standard InChI is InChI=1S/C13H15NO3/c15-10(7-13(16)17)6-5-9-8-14-12-4-2-1-3-11(9)12/h1-4,8,10,14-15H,5-7H2,(H,16,17)/t10-/m1/s1. The second kappa shape index (κ2) is 5.01. The molecule has 1 heterocycles. The topological polar surface area (TPSA) is 73.3 Å². The van der Waals surface area contributed by atoms with Crippen LogP contribution in [0.5, 0.6) is 0 Å². The molecule has 17 heavy (non-hydrogen) atoms. The molecule has 2 rings (SSSR count). The maximum absolute atomic E-state index is 10.4. The fourth-order valence-corrected chi connectivity index (χ4v) is 1.96. The van der Waals surface area contributed by atoms with Crippen LogP contribution in [0, 0.1) is 0 Å². The van der Waals surface area contributed by atoms with Gasteiger partial charge in [-0.25, -0.2) is 0 Å². The van der Waals surface area contributed by atoms with Gasteiger partial charge in [0.2, 0.25) is 0 Å². The third-order valence-corrected chi connectivity index (χ3v) is 2.83. The molecule has 1 aromatic carbocycles. The van der Waals surface area contributed by atoms with Crippen LogP contribution in [0.4, 0.5) is 0 Å². The molecule has 0 spiro atoms. The predicted molar refractivity (Wildman–Crippen MR) is 64.9 cm³/mol. The number of aliphatic hydroxyl groups excluding tert-OH is 1. The van der Waals surface area contributed by atoms with Gasteiger partial charge in [0.15, 0.2) is 0 Å². The average molecular weight is 233 g/mol. The van der Waals surface area contributed by atoms with Gasteiger partial charge < -0.3 is 15.2 Å². The lowest BCUT2D eigenvalue weighted by Crippen LogP contribution is -2.13. The normalized spacial score (nSPS) is 12.8. The van der Waals surface area contributed by atoms with Gasteiger partial charge in [0.25, 0.3) is 0 Å². The first-order chi connectivity index (χ1) is 8.16. The summed E-state index contributed by atoms with van der Waals surface area (Å²) >= 11 is 0. The summed E-state index contributed by atoms with van der Waals surface area (Å²) in [5.41, 5.74) is 2.18. The van der Waals surface area contributed by atoms with Gasteiger partial charge in [-0.3, -0.25) is 4.79 Å². The molecule has 0 aliphatic carbocycles. The molecule has 90 valence electrons. The zero-order valence-electron chi connectivity index (χ0n) is 9.39. The largest absolute Gasteiger partial charge is 0.481 e. The van der Waals surface area contributed by atoms with Gasteiger partial charge in [-0.2, -0.15) is 0 Å². The van der Waals surface area contributed by atoms with Gasteiger partial charge in [-0.05, 0) is 24.5 Å². The SMILES string of the molecule is O=C(O)C[C@H](O)CCc1c[nH]c2ccccc12. The van der Waals surface area contributed by atoms with Gasteiger partial charge in [-0.15, -0.1) is 0 Å². The van der Waals surface area contributed by atoms with E-state index in [2.05, 4.69) is 4.98 Å². The van der Waals surface area contributed by atoms with E-state index >= 15 is 0 Å². The number of carbonyl (C=O) groups is 1. The smallest absolute Gasteiger partial charge is 0.305 e. The molecule has 0 saturated heterocycles. The first-order valence-corrected chi connectivity index (χ1v) is 5.61. The van der Waals surface area contributed by atoms with Gasteiger partial charge in [-0.1, -0.05) is 18.2 Å². The summed E-state index contributed by atoms with van der Waals surface area (Å²) in [5.74, 6) is -0.962. The van der Waals surface area contributed by atoms with Gasteiger partial charge in [0.05, 0.1) is 12.5 Å². The van der Waals surface area contributed by atoms with Crippen LogP contribution in [-0.2, 0) is 11.2 Å². The van der Waals surface area contributed by atoms with Crippen molar-refractivity contribution in [1.82, 2.24) is 4.98 Å². The molecule has 4 nitrogen and oxygen atoms in total. The number of H-pyrrole nitrogens is 1. The quantitative estimate of drug-likeness (QED) is 0.738. The van der Waals surface area contributed by atoms with Gasteiger partial charge in [0.1, 0.15) is 0 Å². The van der Waals surface area contributed by atoms with Crippen molar-refractivity contribution in [2.24, 2.45) is 0 Å². The fourth-order valence-electron chi connectivity index (χ4n) is 1.96. The summed E-state index contributed by atoms with van der Waals surface area (Å²) in [5, 5.41) is 19.2. The number of hydrogen-bond donors (Lipinski definition) is 3. The molecule has 4 heteroatoms. The highest BCUT2D eigenvalue weighted by Gasteiger charge is 2.11. The van der Waals surface area contributed by atoms with E-state index < -0.39 is 12.1 Å². The van der Waals surface area contributed by atoms with E-state index in [1.807, 2.05) is 30.5 Å². The zero-order valence-corrected chi connectivity index (χ0v) is 9.39. The fraction of sp³-hybridized carbons (Fsp3) is 0.308. The lowest BCUT2D eigenvalue weighted by Gasteiger charge is -2.06. The van der Waals surface area contributed by atoms with E-state index in [1.165, 1.54) is 0 Å². The summed E-state index contributed by atoms with van der Waals surface area (Å²) in [4.78, 5) is 13.6. The van der Waals surface area contributed by atoms with Gasteiger partial charge in [0, 0.05) is 17.1 Å². The third kappa shape index (κ3) is 2.85. The number of carboxylic acids is 1. The molecule has 0 radical (unpaired) electrons. The number of hydrogen-bond acceptors (Lipinski definition) is 2. The zero-order chi connectivity index (χ0) is 12.3. The Morgan fingerprint density at radius 3 is 2.88 bits per heavy atom. The monoisotopic (exact) mass is 233 g/mol. The van der Waals surface area contributed by atoms with Crippen LogP contribution < -0.4 is 0 Å². The first-order valence-electron chi connectivity index (χ1n) is 5.61. The number of nitrogens with one attached hydrogen (secondary N) is 1. The minimum atomic E-state index is -0.962. The second-order valence-corrected chi connectivity index (χ2v) is 4.15. The number of para-hydroxylation sites is 1. The van der Waals surface area contributed by atoms with Crippen molar-refractivity contribution in [3.63, 3.8) is 0 Å². The number of carboxylic acid groups (broad SMARTS) is 1. The van der Waals surface area contributed by atoms with Crippen molar-refractivity contribution >= 4 is 16.9 Å². The lowest BCUT2D eigenvalue weighted by molar-refractivity contribution is -0.139. The number of aromatic amines is 1. The number of aliphatic carboxylic acids is 1. The summed E-state index contributed by atoms with van der Waals surface area (Å²) in [6.45, 7) is 0. The van der Waals surface area contributed by atoms with Crippen molar-refractivity contribution in [2.75, 3.05) is 0 Å². The highest BCUT2D eigenvalue weighted by Crippen LogP contribution is 2.19. The molecule has 3 N–H and O–H groups in total.